The van der Waals surface area contributed by atoms with Crippen LogP contribution in [0.4, 0.5) is 5.69 Å². The molecule has 0 N–H and O–H groups in total. The Hall–Kier alpha value is -3.15. The molecule has 1 amide bonds. The molecule has 26 heavy (non-hydrogen) atoms. The number of fused-ring (bicyclic) bond motifs is 2. The molecule has 0 spiro atoms. The second-order valence-electron chi connectivity index (χ2n) is 6.24. The minimum atomic E-state index is -0.498. The quantitative estimate of drug-likeness (QED) is 0.677. The van der Waals surface area contributed by atoms with Crippen LogP contribution in [0.15, 0.2) is 53.1 Å². The van der Waals surface area contributed by atoms with Crippen molar-refractivity contribution in [3.8, 4) is 0 Å². The Morgan fingerprint density at radius 2 is 1.92 bits per heavy atom. The number of hydrogen-bond donors (Lipinski definition) is 0. The third kappa shape index (κ3) is 3.18. The predicted octanol–water partition coefficient (Wildman–Crippen LogP) is 2.89. The summed E-state index contributed by atoms with van der Waals surface area (Å²) in [5.41, 5.74) is 3.19. The molecule has 4 rings (SSSR count). The standard InChI is InChI=1S/C20H18N2O4/c23-19(22-11-5-7-14-6-1-3-9-17(14)22)13-25-20(24)12-16-15-8-2-4-10-18(15)26-21-16/h1-4,6,8-10H,5,7,11-13H2. The van der Waals surface area contributed by atoms with Crippen LogP contribution in [-0.4, -0.2) is 30.2 Å². The maximum absolute atomic E-state index is 12.5. The fraction of sp³-hybridized carbons (Fsp3) is 0.250. The lowest BCUT2D eigenvalue weighted by molar-refractivity contribution is -0.147. The smallest absolute Gasteiger partial charge is 0.312 e. The molecule has 0 bridgehead atoms. The number of ether oxygens (including phenoxy) is 1. The number of nitrogens with zero attached hydrogens (tertiary/aromatic N) is 2. The molecule has 0 saturated heterocycles. The summed E-state index contributed by atoms with van der Waals surface area (Å²) in [5, 5.41) is 4.69. The van der Waals surface area contributed by atoms with Gasteiger partial charge in [-0.1, -0.05) is 35.5 Å². The summed E-state index contributed by atoms with van der Waals surface area (Å²) in [4.78, 5) is 26.3. The zero-order chi connectivity index (χ0) is 17.9. The van der Waals surface area contributed by atoms with Gasteiger partial charge in [-0.3, -0.25) is 9.59 Å². The maximum Gasteiger partial charge on any atom is 0.312 e. The highest BCUT2D eigenvalue weighted by atomic mass is 16.5. The third-order valence-corrected chi connectivity index (χ3v) is 4.53. The number of hydrogen-bond acceptors (Lipinski definition) is 5. The highest BCUT2D eigenvalue weighted by Crippen LogP contribution is 2.26. The molecular weight excluding hydrogens is 332 g/mol. The minimum Gasteiger partial charge on any atom is -0.455 e. The van der Waals surface area contributed by atoms with Gasteiger partial charge in [-0.05, 0) is 36.6 Å². The van der Waals surface area contributed by atoms with E-state index in [9.17, 15) is 9.59 Å². The summed E-state index contributed by atoms with van der Waals surface area (Å²) in [6.45, 7) is 0.365. The molecule has 2 aromatic carbocycles. The van der Waals surface area contributed by atoms with E-state index in [4.69, 9.17) is 9.26 Å². The molecule has 1 aliphatic heterocycles. The molecule has 0 saturated carbocycles. The van der Waals surface area contributed by atoms with Crippen molar-refractivity contribution in [1.29, 1.82) is 0 Å². The van der Waals surface area contributed by atoms with Crippen LogP contribution in [0.3, 0.4) is 0 Å². The van der Waals surface area contributed by atoms with Crippen molar-refractivity contribution in [1.82, 2.24) is 5.16 Å². The molecule has 132 valence electrons. The number of rotatable bonds is 4. The third-order valence-electron chi connectivity index (χ3n) is 4.53. The van der Waals surface area contributed by atoms with Crippen LogP contribution < -0.4 is 4.90 Å². The molecular formula is C20H18N2O4. The Kier molecular flexibility index (Phi) is 4.39. The van der Waals surface area contributed by atoms with Crippen LogP contribution in [0.2, 0.25) is 0 Å². The van der Waals surface area contributed by atoms with E-state index in [0.29, 0.717) is 17.8 Å². The second kappa shape index (κ2) is 7.00. The van der Waals surface area contributed by atoms with E-state index in [2.05, 4.69) is 5.16 Å². The van der Waals surface area contributed by atoms with Crippen molar-refractivity contribution >= 4 is 28.5 Å². The minimum absolute atomic E-state index is 0.0269. The number of carbonyl (C=O) groups excluding carboxylic acids is 2. The zero-order valence-electron chi connectivity index (χ0n) is 14.2. The highest BCUT2D eigenvalue weighted by Gasteiger charge is 2.23. The van der Waals surface area contributed by atoms with Crippen LogP contribution in [0.1, 0.15) is 17.7 Å². The van der Waals surface area contributed by atoms with Gasteiger partial charge in [0.25, 0.3) is 5.91 Å². The van der Waals surface area contributed by atoms with Gasteiger partial charge in [0.15, 0.2) is 12.2 Å². The van der Waals surface area contributed by atoms with Crippen LogP contribution in [-0.2, 0) is 27.2 Å². The topological polar surface area (TPSA) is 72.6 Å². The SMILES string of the molecule is O=C(Cc1noc2ccccc12)OCC(=O)N1CCCc2ccccc21. The summed E-state index contributed by atoms with van der Waals surface area (Å²) in [6, 6.07) is 15.1. The van der Waals surface area contributed by atoms with E-state index >= 15 is 0 Å². The molecule has 0 atom stereocenters. The van der Waals surface area contributed by atoms with Gasteiger partial charge in [0.1, 0.15) is 5.69 Å². The predicted molar refractivity (Wildman–Crippen MR) is 95.8 cm³/mol. The lowest BCUT2D eigenvalue weighted by Crippen LogP contribution is -2.38. The monoisotopic (exact) mass is 350 g/mol. The summed E-state index contributed by atoms with van der Waals surface area (Å²) in [5.74, 6) is -0.710. The summed E-state index contributed by atoms with van der Waals surface area (Å²) in [7, 11) is 0. The molecule has 2 heterocycles. The molecule has 6 heteroatoms. The molecule has 0 fully saturated rings. The number of anilines is 1. The first-order valence-electron chi connectivity index (χ1n) is 8.59. The van der Waals surface area contributed by atoms with Crippen molar-refractivity contribution in [3.63, 3.8) is 0 Å². The number of aryl methyl sites for hydroxylation is 1. The van der Waals surface area contributed by atoms with E-state index in [1.54, 1.807) is 11.0 Å². The lowest BCUT2D eigenvalue weighted by atomic mass is 10.0. The molecule has 1 aromatic heterocycles. The van der Waals surface area contributed by atoms with Gasteiger partial charge in [-0.2, -0.15) is 0 Å². The number of aromatic nitrogens is 1. The molecule has 6 nitrogen and oxygen atoms in total. The Balaban J connectivity index is 1.38. The van der Waals surface area contributed by atoms with E-state index in [1.807, 2.05) is 42.5 Å². The number of amides is 1. The number of carbonyl (C=O) groups is 2. The highest BCUT2D eigenvalue weighted by molar-refractivity contribution is 5.96. The molecule has 0 aliphatic carbocycles. The van der Waals surface area contributed by atoms with Gasteiger partial charge in [0.2, 0.25) is 0 Å². The van der Waals surface area contributed by atoms with Crippen LogP contribution in [0.25, 0.3) is 11.0 Å². The normalized spacial score (nSPS) is 13.5. The first-order valence-corrected chi connectivity index (χ1v) is 8.59. The van der Waals surface area contributed by atoms with Crippen molar-refractivity contribution in [3.05, 3.63) is 59.8 Å². The van der Waals surface area contributed by atoms with E-state index in [-0.39, 0.29) is 18.9 Å². The van der Waals surface area contributed by atoms with Crippen LogP contribution >= 0.6 is 0 Å². The fourth-order valence-electron chi connectivity index (χ4n) is 3.27. The lowest BCUT2D eigenvalue weighted by Gasteiger charge is -2.29. The molecule has 3 aromatic rings. The van der Waals surface area contributed by atoms with Gasteiger partial charge in [-0.25, -0.2) is 0 Å². The van der Waals surface area contributed by atoms with Crippen molar-refractivity contribution in [2.45, 2.75) is 19.3 Å². The van der Waals surface area contributed by atoms with Crippen molar-refractivity contribution < 1.29 is 18.8 Å². The summed E-state index contributed by atoms with van der Waals surface area (Å²) >= 11 is 0. The van der Waals surface area contributed by atoms with Gasteiger partial charge in [0, 0.05) is 17.6 Å². The average molecular weight is 350 g/mol. The Labute approximate surface area is 150 Å². The van der Waals surface area contributed by atoms with Crippen molar-refractivity contribution in [2.24, 2.45) is 0 Å². The average Bonchev–Trinajstić information content (AvgIpc) is 3.08. The fourth-order valence-corrected chi connectivity index (χ4v) is 3.27. The van der Waals surface area contributed by atoms with Gasteiger partial charge >= 0.3 is 5.97 Å². The maximum atomic E-state index is 12.5. The Morgan fingerprint density at radius 1 is 1.12 bits per heavy atom. The van der Waals surface area contributed by atoms with E-state index in [0.717, 1.165) is 29.5 Å². The van der Waals surface area contributed by atoms with Crippen LogP contribution in [0.5, 0.6) is 0 Å². The number of esters is 1. The van der Waals surface area contributed by atoms with E-state index < -0.39 is 5.97 Å². The van der Waals surface area contributed by atoms with E-state index in [1.165, 1.54) is 0 Å². The molecule has 0 unspecified atom stereocenters. The van der Waals surface area contributed by atoms with Crippen LogP contribution in [0, 0.1) is 0 Å². The second-order valence-corrected chi connectivity index (χ2v) is 6.24. The number of para-hydroxylation sites is 2. The first-order chi connectivity index (χ1) is 12.7. The largest absolute Gasteiger partial charge is 0.455 e. The van der Waals surface area contributed by atoms with Gasteiger partial charge in [0.05, 0.1) is 6.42 Å². The summed E-state index contributed by atoms with van der Waals surface area (Å²) < 4.78 is 10.4. The zero-order valence-corrected chi connectivity index (χ0v) is 14.2. The first kappa shape index (κ1) is 16.3. The molecule has 1 aliphatic rings. The summed E-state index contributed by atoms with van der Waals surface area (Å²) in [6.07, 6.45) is 1.83. The van der Waals surface area contributed by atoms with Gasteiger partial charge in [-0.15, -0.1) is 0 Å². The Bertz CT molecular complexity index is 963. The Morgan fingerprint density at radius 3 is 2.85 bits per heavy atom. The van der Waals surface area contributed by atoms with Crippen molar-refractivity contribution in [2.75, 3.05) is 18.1 Å². The van der Waals surface area contributed by atoms with Gasteiger partial charge < -0.3 is 14.2 Å². The number of benzene rings is 2. The molecule has 0 radical (unpaired) electrons.